The van der Waals surface area contributed by atoms with Crippen molar-refractivity contribution in [3.05, 3.63) is 56.9 Å². The molecule has 0 spiro atoms. The van der Waals surface area contributed by atoms with Gasteiger partial charge in [0.2, 0.25) is 0 Å². The Morgan fingerprint density at radius 2 is 2.13 bits per heavy atom. The van der Waals surface area contributed by atoms with Crippen LogP contribution in [0.25, 0.3) is 11.3 Å². The number of hydrogen-bond acceptors (Lipinski definition) is 6. The van der Waals surface area contributed by atoms with Crippen LogP contribution < -0.4 is 5.32 Å². The number of amides is 1. The van der Waals surface area contributed by atoms with Crippen LogP contribution in [-0.4, -0.2) is 38.3 Å². The van der Waals surface area contributed by atoms with Crippen molar-refractivity contribution < 1.29 is 9.18 Å². The molecule has 1 aliphatic rings. The number of alkyl halides is 1. The van der Waals surface area contributed by atoms with Crippen molar-refractivity contribution in [2.24, 2.45) is 0 Å². The average molecular weight is 480 g/mol. The number of halogens is 3. The van der Waals surface area contributed by atoms with Gasteiger partial charge in [-0.25, -0.2) is 19.3 Å². The smallest absolute Gasteiger partial charge is 0.277 e. The highest BCUT2D eigenvalue weighted by atomic mass is 35.5. The normalized spacial score (nSPS) is 16.6. The maximum atomic E-state index is 13.3. The molecule has 0 aliphatic carbocycles. The van der Waals surface area contributed by atoms with Crippen molar-refractivity contribution >= 4 is 45.6 Å². The van der Waals surface area contributed by atoms with E-state index in [1.807, 2.05) is 0 Å². The molecular weight excluding hydrogens is 460 g/mol. The molecule has 0 radical (unpaired) electrons. The lowest BCUT2D eigenvalue weighted by Crippen LogP contribution is -2.25. The third-order valence-corrected chi connectivity index (χ3v) is 6.56. The molecule has 31 heavy (non-hydrogen) atoms. The quantitative estimate of drug-likeness (QED) is 0.497. The first-order chi connectivity index (χ1) is 14.9. The summed E-state index contributed by atoms with van der Waals surface area (Å²) in [5, 5.41) is 3.87. The number of nitrogens with zero attached hydrogens (tertiary/aromatic N) is 4. The second-order valence-corrected chi connectivity index (χ2v) is 9.32. The Morgan fingerprint density at radius 3 is 2.81 bits per heavy atom. The van der Waals surface area contributed by atoms with Gasteiger partial charge in [-0.15, -0.1) is 0 Å². The summed E-state index contributed by atoms with van der Waals surface area (Å²) < 4.78 is 13.3. The molecule has 0 saturated carbocycles. The van der Waals surface area contributed by atoms with Crippen LogP contribution in [0.15, 0.2) is 30.6 Å². The average Bonchev–Trinajstić information content (AvgIpc) is 3.34. The van der Waals surface area contributed by atoms with Crippen molar-refractivity contribution in [2.45, 2.75) is 39.0 Å². The summed E-state index contributed by atoms with van der Waals surface area (Å²) in [4.78, 5) is 28.5. The van der Waals surface area contributed by atoms with Crippen molar-refractivity contribution in [3.8, 4) is 11.3 Å². The summed E-state index contributed by atoms with van der Waals surface area (Å²) in [6, 6.07) is 5.58. The Hall–Kier alpha value is -2.13. The van der Waals surface area contributed by atoms with Crippen LogP contribution in [-0.2, 0) is 13.2 Å². The van der Waals surface area contributed by atoms with E-state index < -0.39 is 12.6 Å². The van der Waals surface area contributed by atoms with Crippen molar-refractivity contribution in [1.29, 1.82) is 0 Å². The SMILES string of the molecule is C[C@@H]1CCCN1Cc1sc(NC(=O)c2cnc(Cl)cn2)nc1-c1cc(Cl)cc(CF)c1. The first-order valence-corrected chi connectivity index (χ1v) is 11.4. The molecule has 0 unspecified atom stereocenters. The summed E-state index contributed by atoms with van der Waals surface area (Å²) in [5.41, 5.74) is 2.04. The Bertz CT molecular complexity index is 1090. The minimum Gasteiger partial charge on any atom is -0.296 e. The van der Waals surface area contributed by atoms with Gasteiger partial charge in [0, 0.05) is 28.0 Å². The second kappa shape index (κ2) is 9.56. The maximum Gasteiger partial charge on any atom is 0.277 e. The highest BCUT2D eigenvalue weighted by Crippen LogP contribution is 2.35. The molecule has 1 N–H and O–H groups in total. The third kappa shape index (κ3) is 5.20. The number of benzene rings is 1. The lowest BCUT2D eigenvalue weighted by Gasteiger charge is -2.20. The molecule has 3 heterocycles. The lowest BCUT2D eigenvalue weighted by atomic mass is 10.1. The minimum absolute atomic E-state index is 0.137. The number of nitrogens with one attached hydrogen (secondary N) is 1. The Labute approximate surface area is 193 Å². The summed E-state index contributed by atoms with van der Waals surface area (Å²) in [6.07, 6.45) is 4.92. The monoisotopic (exact) mass is 479 g/mol. The number of likely N-dealkylation sites (tertiary alicyclic amines) is 1. The number of thiazole rings is 1. The topological polar surface area (TPSA) is 71.0 Å². The van der Waals surface area contributed by atoms with E-state index in [0.29, 0.717) is 34.0 Å². The Morgan fingerprint density at radius 1 is 1.29 bits per heavy atom. The van der Waals surface area contributed by atoms with Gasteiger partial charge in [0.05, 0.1) is 18.1 Å². The number of anilines is 1. The highest BCUT2D eigenvalue weighted by molar-refractivity contribution is 7.16. The van der Waals surface area contributed by atoms with E-state index in [4.69, 9.17) is 23.2 Å². The molecule has 4 rings (SSSR count). The molecular formula is C21H20Cl2FN5OS. The fourth-order valence-corrected chi connectivity index (χ4v) is 4.96. The van der Waals surface area contributed by atoms with Crippen LogP contribution in [0.4, 0.5) is 9.52 Å². The zero-order valence-electron chi connectivity index (χ0n) is 16.7. The summed E-state index contributed by atoms with van der Waals surface area (Å²) in [6.45, 7) is 3.29. The van der Waals surface area contributed by atoms with Gasteiger partial charge in [0.25, 0.3) is 5.91 Å². The molecule has 3 aromatic rings. The van der Waals surface area contributed by atoms with Gasteiger partial charge in [-0.2, -0.15) is 0 Å². The largest absolute Gasteiger partial charge is 0.296 e. The molecule has 1 aromatic carbocycles. The van der Waals surface area contributed by atoms with Crippen LogP contribution in [0.3, 0.4) is 0 Å². The van der Waals surface area contributed by atoms with Gasteiger partial charge in [0.15, 0.2) is 5.13 Å². The van der Waals surface area contributed by atoms with Crippen LogP contribution in [0, 0.1) is 0 Å². The second-order valence-electron chi connectivity index (χ2n) is 7.41. The molecule has 0 bridgehead atoms. The van der Waals surface area contributed by atoms with Gasteiger partial charge >= 0.3 is 0 Å². The zero-order chi connectivity index (χ0) is 22.0. The molecule has 1 fully saturated rings. The van der Waals surface area contributed by atoms with Crippen LogP contribution in [0.2, 0.25) is 10.2 Å². The molecule has 1 amide bonds. The number of hydrogen-bond donors (Lipinski definition) is 1. The fraction of sp³-hybridized carbons (Fsp3) is 0.333. The lowest BCUT2D eigenvalue weighted by molar-refractivity contribution is 0.102. The first kappa shape index (κ1) is 22.1. The number of carbonyl (C=O) groups is 1. The maximum absolute atomic E-state index is 13.3. The van der Waals surface area contributed by atoms with E-state index in [1.54, 1.807) is 18.2 Å². The highest BCUT2D eigenvalue weighted by Gasteiger charge is 2.24. The zero-order valence-corrected chi connectivity index (χ0v) is 19.1. The van der Waals surface area contributed by atoms with Crippen LogP contribution >= 0.6 is 34.5 Å². The van der Waals surface area contributed by atoms with Crippen LogP contribution in [0.1, 0.15) is 40.7 Å². The number of aromatic nitrogens is 3. The predicted octanol–water partition coefficient (Wildman–Crippen LogP) is 5.61. The summed E-state index contributed by atoms with van der Waals surface area (Å²) in [5.74, 6) is -0.430. The minimum atomic E-state index is -0.616. The molecule has 2 aromatic heterocycles. The first-order valence-electron chi connectivity index (χ1n) is 9.81. The fourth-order valence-electron chi connectivity index (χ4n) is 3.60. The van der Waals surface area contributed by atoms with E-state index >= 15 is 0 Å². The van der Waals surface area contributed by atoms with E-state index in [-0.39, 0.29) is 10.8 Å². The molecule has 1 atom stereocenters. The molecule has 6 nitrogen and oxygen atoms in total. The van der Waals surface area contributed by atoms with E-state index in [9.17, 15) is 9.18 Å². The standard InChI is InChI=1S/C21H20Cl2FN5OS/c1-12-3-2-4-29(12)11-17-19(14-5-13(8-24)6-15(22)7-14)27-21(31-17)28-20(30)16-9-26-18(23)10-25-16/h5-7,9-10,12H,2-4,8,11H2,1H3,(H,27,28,30)/t12-/m1/s1. The van der Waals surface area contributed by atoms with Gasteiger partial charge < -0.3 is 0 Å². The number of rotatable bonds is 6. The molecule has 162 valence electrons. The Kier molecular flexibility index (Phi) is 6.81. The van der Waals surface area contributed by atoms with Crippen LogP contribution in [0.5, 0.6) is 0 Å². The van der Waals surface area contributed by atoms with Gasteiger partial charge in [0.1, 0.15) is 17.5 Å². The molecule has 1 aliphatic heterocycles. The van der Waals surface area contributed by atoms with Crippen molar-refractivity contribution in [3.63, 3.8) is 0 Å². The van der Waals surface area contributed by atoms with Gasteiger partial charge in [-0.1, -0.05) is 34.5 Å². The summed E-state index contributed by atoms with van der Waals surface area (Å²) >= 11 is 13.3. The predicted molar refractivity (Wildman–Crippen MR) is 121 cm³/mol. The van der Waals surface area contributed by atoms with Gasteiger partial charge in [-0.05, 0) is 50.1 Å². The molecule has 10 heteroatoms. The van der Waals surface area contributed by atoms with Crippen molar-refractivity contribution in [2.75, 3.05) is 11.9 Å². The van der Waals surface area contributed by atoms with E-state index in [1.165, 1.54) is 23.7 Å². The van der Waals surface area contributed by atoms with E-state index in [0.717, 1.165) is 29.8 Å². The Balaban J connectivity index is 1.67. The van der Waals surface area contributed by atoms with E-state index in [2.05, 4.69) is 32.1 Å². The summed E-state index contributed by atoms with van der Waals surface area (Å²) in [7, 11) is 0. The number of carbonyl (C=O) groups excluding carboxylic acids is 1. The molecule has 1 saturated heterocycles. The van der Waals surface area contributed by atoms with Gasteiger partial charge in [-0.3, -0.25) is 15.0 Å². The van der Waals surface area contributed by atoms with Crippen molar-refractivity contribution in [1.82, 2.24) is 19.9 Å². The third-order valence-electron chi connectivity index (χ3n) is 5.19.